The average molecular weight is 377 g/mol. The summed E-state index contributed by atoms with van der Waals surface area (Å²) >= 11 is 0. The number of aryl methyl sites for hydroxylation is 1. The van der Waals surface area contributed by atoms with Crippen LogP contribution in [-0.2, 0) is 7.05 Å². The molecule has 0 fully saturated rings. The van der Waals surface area contributed by atoms with Crippen LogP contribution < -0.4 is 14.9 Å². The Morgan fingerprint density at radius 3 is 2.68 bits per heavy atom. The Bertz CT molecular complexity index is 1200. The van der Waals surface area contributed by atoms with Crippen LogP contribution in [0.4, 0.5) is 5.82 Å². The Morgan fingerprint density at radius 1 is 1.11 bits per heavy atom. The minimum Gasteiger partial charge on any atom is -0.504 e. The lowest BCUT2D eigenvalue weighted by atomic mass is 10.2. The summed E-state index contributed by atoms with van der Waals surface area (Å²) in [5, 5.41) is 15.1. The quantitative estimate of drug-likeness (QED) is 0.409. The second kappa shape index (κ2) is 7.07. The first-order chi connectivity index (χ1) is 13.6. The van der Waals surface area contributed by atoms with Crippen molar-refractivity contribution in [1.82, 2.24) is 14.5 Å². The molecule has 0 spiro atoms. The number of methoxy groups -OCH3 is 2. The van der Waals surface area contributed by atoms with E-state index in [1.165, 1.54) is 13.4 Å². The SMILES string of the molecule is COc1ccc(C=NNc2ncnc3c4c(OC)cccc4n(C)c23)cc1O. The summed E-state index contributed by atoms with van der Waals surface area (Å²) in [6.07, 6.45) is 3.08. The smallest absolute Gasteiger partial charge is 0.174 e. The van der Waals surface area contributed by atoms with Gasteiger partial charge in [0.2, 0.25) is 0 Å². The average Bonchev–Trinajstić information content (AvgIpc) is 3.01. The molecule has 4 aromatic rings. The van der Waals surface area contributed by atoms with Crippen molar-refractivity contribution in [3.05, 3.63) is 48.3 Å². The van der Waals surface area contributed by atoms with Crippen molar-refractivity contribution >= 4 is 34.0 Å². The number of hydrogen-bond donors (Lipinski definition) is 2. The second-order valence-electron chi connectivity index (χ2n) is 6.13. The zero-order chi connectivity index (χ0) is 19.7. The molecule has 8 heteroatoms. The number of phenolic OH excluding ortho intramolecular Hbond substituents is 1. The molecule has 0 aliphatic rings. The van der Waals surface area contributed by atoms with Gasteiger partial charge in [0, 0.05) is 7.05 Å². The lowest BCUT2D eigenvalue weighted by Gasteiger charge is -2.05. The third kappa shape index (κ3) is 2.84. The van der Waals surface area contributed by atoms with Gasteiger partial charge < -0.3 is 19.1 Å². The Balaban J connectivity index is 1.73. The van der Waals surface area contributed by atoms with Crippen molar-refractivity contribution in [3.8, 4) is 17.2 Å². The molecule has 28 heavy (non-hydrogen) atoms. The topological polar surface area (TPSA) is 93.8 Å². The maximum atomic E-state index is 9.87. The van der Waals surface area contributed by atoms with Gasteiger partial charge in [-0.25, -0.2) is 9.97 Å². The molecular formula is C20H19N5O3. The molecule has 0 unspecified atom stereocenters. The van der Waals surface area contributed by atoms with E-state index in [4.69, 9.17) is 9.47 Å². The number of hydrazone groups is 1. The number of anilines is 1. The van der Waals surface area contributed by atoms with Gasteiger partial charge in [-0.05, 0) is 35.9 Å². The number of aromatic nitrogens is 3. The monoisotopic (exact) mass is 377 g/mol. The summed E-state index contributed by atoms with van der Waals surface area (Å²) in [4.78, 5) is 8.77. The molecule has 4 rings (SSSR count). The molecule has 0 bridgehead atoms. The van der Waals surface area contributed by atoms with Crippen LogP contribution in [-0.4, -0.2) is 40.1 Å². The molecule has 0 amide bonds. The van der Waals surface area contributed by atoms with Crippen molar-refractivity contribution in [1.29, 1.82) is 0 Å². The first kappa shape index (κ1) is 17.6. The van der Waals surface area contributed by atoms with Gasteiger partial charge in [-0.2, -0.15) is 5.10 Å². The molecule has 8 nitrogen and oxygen atoms in total. The molecule has 0 atom stereocenters. The zero-order valence-electron chi connectivity index (χ0n) is 15.7. The van der Waals surface area contributed by atoms with Gasteiger partial charge in [-0.15, -0.1) is 0 Å². The Labute approximate surface area is 161 Å². The molecular weight excluding hydrogens is 358 g/mol. The van der Waals surface area contributed by atoms with E-state index in [-0.39, 0.29) is 5.75 Å². The normalized spacial score (nSPS) is 11.4. The van der Waals surface area contributed by atoms with Crippen molar-refractivity contribution < 1.29 is 14.6 Å². The number of fused-ring (bicyclic) bond motifs is 3. The maximum Gasteiger partial charge on any atom is 0.174 e. The predicted molar refractivity (Wildman–Crippen MR) is 108 cm³/mol. The summed E-state index contributed by atoms with van der Waals surface area (Å²) in [5.41, 5.74) is 6.27. The van der Waals surface area contributed by atoms with E-state index < -0.39 is 0 Å². The first-order valence-corrected chi connectivity index (χ1v) is 8.56. The van der Waals surface area contributed by atoms with E-state index in [0.717, 1.165) is 33.2 Å². The number of rotatable bonds is 5. The molecule has 0 saturated heterocycles. The number of benzene rings is 2. The van der Waals surface area contributed by atoms with E-state index in [9.17, 15) is 5.11 Å². The van der Waals surface area contributed by atoms with Crippen LogP contribution in [0.3, 0.4) is 0 Å². The van der Waals surface area contributed by atoms with Gasteiger partial charge in [0.15, 0.2) is 17.3 Å². The van der Waals surface area contributed by atoms with Crippen LogP contribution in [0, 0.1) is 0 Å². The summed E-state index contributed by atoms with van der Waals surface area (Å²) in [6, 6.07) is 10.9. The van der Waals surface area contributed by atoms with Crippen LogP contribution in [0.15, 0.2) is 47.8 Å². The summed E-state index contributed by atoms with van der Waals surface area (Å²) in [5.74, 6) is 1.79. The Morgan fingerprint density at radius 2 is 1.93 bits per heavy atom. The van der Waals surface area contributed by atoms with Gasteiger partial charge >= 0.3 is 0 Å². The van der Waals surface area contributed by atoms with Crippen molar-refractivity contribution in [2.45, 2.75) is 0 Å². The highest BCUT2D eigenvalue weighted by molar-refractivity contribution is 6.11. The number of hydrogen-bond acceptors (Lipinski definition) is 7. The van der Waals surface area contributed by atoms with E-state index in [0.29, 0.717) is 11.6 Å². The third-order valence-electron chi connectivity index (χ3n) is 4.57. The Hall–Kier alpha value is -3.81. The van der Waals surface area contributed by atoms with Gasteiger partial charge in [0.25, 0.3) is 0 Å². The maximum absolute atomic E-state index is 9.87. The number of nitrogens with one attached hydrogen (secondary N) is 1. The van der Waals surface area contributed by atoms with Gasteiger partial charge in [0.1, 0.15) is 23.1 Å². The van der Waals surface area contributed by atoms with Crippen LogP contribution in [0.1, 0.15) is 5.56 Å². The molecule has 2 heterocycles. The van der Waals surface area contributed by atoms with Crippen LogP contribution in [0.25, 0.3) is 21.9 Å². The summed E-state index contributed by atoms with van der Waals surface area (Å²) in [7, 11) is 5.09. The third-order valence-corrected chi connectivity index (χ3v) is 4.57. The Kier molecular flexibility index (Phi) is 4.44. The first-order valence-electron chi connectivity index (χ1n) is 8.56. The summed E-state index contributed by atoms with van der Waals surface area (Å²) < 4.78 is 12.5. The highest BCUT2D eigenvalue weighted by atomic mass is 16.5. The highest BCUT2D eigenvalue weighted by Gasteiger charge is 2.16. The number of ether oxygens (including phenoxy) is 2. The fourth-order valence-electron chi connectivity index (χ4n) is 3.24. The van der Waals surface area contributed by atoms with Crippen LogP contribution in [0.5, 0.6) is 17.2 Å². The lowest BCUT2D eigenvalue weighted by molar-refractivity contribution is 0.373. The number of aromatic hydroxyl groups is 1. The molecule has 2 aromatic heterocycles. The predicted octanol–water partition coefficient (Wildman–Crippen LogP) is 3.29. The lowest BCUT2D eigenvalue weighted by Crippen LogP contribution is -1.98. The van der Waals surface area contributed by atoms with Crippen molar-refractivity contribution in [2.75, 3.05) is 19.6 Å². The minimum absolute atomic E-state index is 0.0525. The van der Waals surface area contributed by atoms with E-state index in [1.807, 2.05) is 29.8 Å². The zero-order valence-corrected chi connectivity index (χ0v) is 15.7. The largest absolute Gasteiger partial charge is 0.504 e. The van der Waals surface area contributed by atoms with Crippen molar-refractivity contribution in [3.63, 3.8) is 0 Å². The highest BCUT2D eigenvalue weighted by Crippen LogP contribution is 2.35. The van der Waals surface area contributed by atoms with E-state index >= 15 is 0 Å². The second-order valence-corrected chi connectivity index (χ2v) is 6.13. The van der Waals surface area contributed by atoms with Gasteiger partial charge in [-0.1, -0.05) is 6.07 Å². The summed E-state index contributed by atoms with van der Waals surface area (Å²) in [6.45, 7) is 0. The molecule has 0 saturated carbocycles. The number of nitrogens with zero attached hydrogens (tertiary/aromatic N) is 4. The van der Waals surface area contributed by atoms with E-state index in [1.54, 1.807) is 31.5 Å². The van der Waals surface area contributed by atoms with Crippen molar-refractivity contribution in [2.24, 2.45) is 12.1 Å². The van der Waals surface area contributed by atoms with Gasteiger partial charge in [0.05, 0.1) is 31.3 Å². The molecule has 2 aromatic carbocycles. The van der Waals surface area contributed by atoms with E-state index in [2.05, 4.69) is 20.5 Å². The van der Waals surface area contributed by atoms with Crippen LogP contribution >= 0.6 is 0 Å². The molecule has 0 aliphatic carbocycles. The molecule has 142 valence electrons. The van der Waals surface area contributed by atoms with Crippen LogP contribution in [0.2, 0.25) is 0 Å². The standard InChI is InChI=1S/C20H19N5O3/c1-25-13-5-4-6-16(28-3)17(13)18-19(25)20(22-11-21-18)24-23-10-12-7-8-15(27-2)14(26)9-12/h4-11,26H,1-3H3,(H,21,22,24). The molecule has 0 radical (unpaired) electrons. The number of phenols is 1. The minimum atomic E-state index is 0.0525. The molecule has 2 N–H and O–H groups in total. The fourth-order valence-corrected chi connectivity index (χ4v) is 3.24. The van der Waals surface area contributed by atoms with Gasteiger partial charge in [-0.3, -0.25) is 5.43 Å². The molecule has 0 aliphatic heterocycles. The fraction of sp³-hybridized carbons (Fsp3) is 0.150.